The molecule has 0 bridgehead atoms. The van der Waals surface area contributed by atoms with Crippen molar-refractivity contribution in [3.63, 3.8) is 0 Å². The molecule has 0 fully saturated rings. The first-order valence-corrected chi connectivity index (χ1v) is 7.03. The molecule has 1 rings (SSSR count). The highest BCUT2D eigenvalue weighted by Crippen LogP contribution is 2.07. The Morgan fingerprint density at radius 2 is 1.89 bits per heavy atom. The summed E-state index contributed by atoms with van der Waals surface area (Å²) >= 11 is 0. The zero-order chi connectivity index (χ0) is 13.4. The summed E-state index contributed by atoms with van der Waals surface area (Å²) in [5.41, 5.74) is 2.88. The molecule has 1 aromatic rings. The molecule has 0 aliphatic rings. The summed E-state index contributed by atoms with van der Waals surface area (Å²) in [4.78, 5) is 2.40. The summed E-state index contributed by atoms with van der Waals surface area (Å²) in [6.07, 6.45) is 1.15. The third-order valence-corrected chi connectivity index (χ3v) is 3.25. The van der Waals surface area contributed by atoms with Gasteiger partial charge in [0.25, 0.3) is 0 Å². The molecule has 2 heteroatoms. The van der Waals surface area contributed by atoms with E-state index in [9.17, 15) is 0 Å². The summed E-state index contributed by atoms with van der Waals surface area (Å²) in [6.45, 7) is 11.1. The van der Waals surface area contributed by atoms with Crippen LogP contribution in [-0.2, 0) is 6.42 Å². The van der Waals surface area contributed by atoms with Gasteiger partial charge in [0.15, 0.2) is 0 Å². The average molecular weight is 248 g/mol. The highest BCUT2D eigenvalue weighted by Gasteiger charge is 2.01. The third kappa shape index (κ3) is 6.18. The molecule has 0 spiro atoms. The molecule has 1 N–H and O–H groups in total. The van der Waals surface area contributed by atoms with Crippen molar-refractivity contribution < 1.29 is 0 Å². The Morgan fingerprint density at radius 1 is 1.17 bits per heavy atom. The Bertz CT molecular complexity index is 334. The van der Waals surface area contributed by atoms with Crippen LogP contribution in [0.25, 0.3) is 0 Å². The Kier molecular flexibility index (Phi) is 6.99. The van der Waals surface area contributed by atoms with E-state index in [0.717, 1.165) is 38.5 Å². The van der Waals surface area contributed by atoms with Gasteiger partial charge in [-0.3, -0.25) is 0 Å². The van der Waals surface area contributed by atoms with Gasteiger partial charge < -0.3 is 10.2 Å². The number of nitrogens with zero attached hydrogens (tertiary/aromatic N) is 1. The Morgan fingerprint density at radius 3 is 2.56 bits per heavy atom. The van der Waals surface area contributed by atoms with Gasteiger partial charge in [-0.05, 0) is 44.0 Å². The van der Waals surface area contributed by atoms with Crippen molar-refractivity contribution in [2.45, 2.75) is 27.2 Å². The van der Waals surface area contributed by atoms with Crippen molar-refractivity contribution >= 4 is 0 Å². The van der Waals surface area contributed by atoms with E-state index < -0.39 is 0 Å². The lowest BCUT2D eigenvalue weighted by Gasteiger charge is -2.18. The van der Waals surface area contributed by atoms with Crippen LogP contribution in [0.5, 0.6) is 0 Å². The van der Waals surface area contributed by atoms with E-state index in [1.165, 1.54) is 11.1 Å². The number of nitrogens with one attached hydrogen (secondary N) is 1. The topological polar surface area (TPSA) is 15.3 Å². The Labute approximate surface area is 112 Å². The third-order valence-electron chi connectivity index (χ3n) is 3.25. The van der Waals surface area contributed by atoms with Crippen molar-refractivity contribution in [1.29, 1.82) is 0 Å². The second-order valence-electron chi connectivity index (χ2n) is 5.58. The van der Waals surface area contributed by atoms with Crippen molar-refractivity contribution in [3.05, 3.63) is 35.4 Å². The van der Waals surface area contributed by atoms with Gasteiger partial charge in [-0.25, -0.2) is 0 Å². The minimum absolute atomic E-state index is 0.738. The number of benzene rings is 1. The van der Waals surface area contributed by atoms with Gasteiger partial charge in [0.1, 0.15) is 0 Å². The monoisotopic (exact) mass is 248 g/mol. The van der Waals surface area contributed by atoms with Crippen molar-refractivity contribution in [2.24, 2.45) is 5.92 Å². The summed E-state index contributed by atoms with van der Waals surface area (Å²) < 4.78 is 0. The van der Waals surface area contributed by atoms with Crippen LogP contribution in [0, 0.1) is 12.8 Å². The van der Waals surface area contributed by atoms with Gasteiger partial charge in [-0.15, -0.1) is 0 Å². The summed E-state index contributed by atoms with van der Waals surface area (Å²) in [7, 11) is 2.20. The van der Waals surface area contributed by atoms with E-state index in [-0.39, 0.29) is 0 Å². The molecular formula is C16H28N2. The maximum Gasteiger partial charge on any atom is 0.0104 e. The van der Waals surface area contributed by atoms with E-state index in [1.54, 1.807) is 0 Å². The van der Waals surface area contributed by atoms with Crippen molar-refractivity contribution in [3.8, 4) is 0 Å². The smallest absolute Gasteiger partial charge is 0.0104 e. The number of likely N-dealkylation sites (N-methyl/N-ethyl adjacent to an activating group) is 1. The largest absolute Gasteiger partial charge is 0.315 e. The molecule has 0 unspecified atom stereocenters. The normalized spacial score (nSPS) is 11.4. The van der Waals surface area contributed by atoms with Crippen molar-refractivity contribution in [2.75, 3.05) is 33.2 Å². The fourth-order valence-corrected chi connectivity index (χ4v) is 1.97. The molecular weight excluding hydrogens is 220 g/mol. The zero-order valence-corrected chi connectivity index (χ0v) is 12.4. The number of rotatable bonds is 8. The zero-order valence-electron chi connectivity index (χ0n) is 12.4. The predicted octanol–water partition coefficient (Wildman–Crippen LogP) is 2.71. The fraction of sp³-hybridized carbons (Fsp3) is 0.625. The fourth-order valence-electron chi connectivity index (χ4n) is 1.97. The minimum atomic E-state index is 0.738. The van der Waals surface area contributed by atoms with Gasteiger partial charge in [0, 0.05) is 19.6 Å². The molecule has 0 heterocycles. The lowest BCUT2D eigenvalue weighted by molar-refractivity contribution is 0.332. The molecule has 2 nitrogen and oxygen atoms in total. The number of hydrogen-bond donors (Lipinski definition) is 1. The van der Waals surface area contributed by atoms with Gasteiger partial charge in [-0.2, -0.15) is 0 Å². The quantitative estimate of drug-likeness (QED) is 0.712. The molecule has 0 atom stereocenters. The first-order valence-electron chi connectivity index (χ1n) is 7.03. The first-order chi connectivity index (χ1) is 8.59. The lowest BCUT2D eigenvalue weighted by atomic mass is 10.1. The SMILES string of the molecule is Cc1ccccc1CCN(C)CCNCC(C)C. The maximum atomic E-state index is 3.48. The maximum absolute atomic E-state index is 3.48. The van der Waals surface area contributed by atoms with E-state index in [2.05, 4.69) is 62.3 Å². The average Bonchev–Trinajstić information content (AvgIpc) is 2.33. The molecule has 0 aliphatic heterocycles. The summed E-state index contributed by atoms with van der Waals surface area (Å²) in [5.74, 6) is 0.738. The van der Waals surface area contributed by atoms with Gasteiger partial charge >= 0.3 is 0 Å². The van der Waals surface area contributed by atoms with Crippen LogP contribution in [0.3, 0.4) is 0 Å². The lowest BCUT2D eigenvalue weighted by Crippen LogP contribution is -2.32. The van der Waals surface area contributed by atoms with E-state index in [1.807, 2.05) is 0 Å². The summed E-state index contributed by atoms with van der Waals surface area (Å²) in [6, 6.07) is 8.67. The summed E-state index contributed by atoms with van der Waals surface area (Å²) in [5, 5.41) is 3.48. The molecule has 0 saturated carbocycles. The van der Waals surface area contributed by atoms with Crippen LogP contribution < -0.4 is 5.32 Å². The van der Waals surface area contributed by atoms with Gasteiger partial charge in [0.2, 0.25) is 0 Å². The van der Waals surface area contributed by atoms with Gasteiger partial charge in [-0.1, -0.05) is 38.1 Å². The molecule has 0 amide bonds. The number of hydrogen-bond acceptors (Lipinski definition) is 2. The standard InChI is InChI=1S/C16H28N2/c1-14(2)13-17-10-12-18(4)11-9-16-8-6-5-7-15(16)3/h5-8,14,17H,9-13H2,1-4H3. The van der Waals surface area contributed by atoms with E-state index >= 15 is 0 Å². The van der Waals surface area contributed by atoms with Gasteiger partial charge in [0.05, 0.1) is 0 Å². The molecule has 0 saturated heterocycles. The second kappa shape index (κ2) is 8.28. The molecule has 0 radical (unpaired) electrons. The van der Waals surface area contributed by atoms with Crippen LogP contribution in [0.1, 0.15) is 25.0 Å². The highest BCUT2D eigenvalue weighted by molar-refractivity contribution is 5.25. The Balaban J connectivity index is 2.17. The Hall–Kier alpha value is -0.860. The minimum Gasteiger partial charge on any atom is -0.315 e. The van der Waals surface area contributed by atoms with Crippen molar-refractivity contribution in [1.82, 2.24) is 10.2 Å². The predicted molar refractivity (Wildman–Crippen MR) is 80.1 cm³/mol. The van der Waals surface area contributed by atoms with Crippen LogP contribution in [0.2, 0.25) is 0 Å². The molecule has 1 aromatic carbocycles. The molecule has 102 valence electrons. The molecule has 0 aromatic heterocycles. The van der Waals surface area contributed by atoms with E-state index in [0.29, 0.717) is 0 Å². The van der Waals surface area contributed by atoms with E-state index in [4.69, 9.17) is 0 Å². The highest BCUT2D eigenvalue weighted by atomic mass is 15.1. The van der Waals surface area contributed by atoms with Crippen LogP contribution in [-0.4, -0.2) is 38.1 Å². The molecule has 0 aliphatic carbocycles. The van der Waals surface area contributed by atoms with Crippen LogP contribution in [0.15, 0.2) is 24.3 Å². The van der Waals surface area contributed by atoms with Crippen LogP contribution in [0.4, 0.5) is 0 Å². The second-order valence-corrected chi connectivity index (χ2v) is 5.58. The first kappa shape index (κ1) is 15.2. The number of aryl methyl sites for hydroxylation is 1. The molecule has 18 heavy (non-hydrogen) atoms. The van der Waals surface area contributed by atoms with Crippen LogP contribution >= 0.6 is 0 Å².